The van der Waals surface area contributed by atoms with Gasteiger partial charge >= 0.3 is 5.97 Å². The molecule has 1 amide bonds. The first-order chi connectivity index (χ1) is 9.27. The smallest absolute Gasteiger partial charge is 0.313 e. The van der Waals surface area contributed by atoms with Crippen molar-refractivity contribution in [1.29, 1.82) is 0 Å². The minimum absolute atomic E-state index is 0.124. The van der Waals surface area contributed by atoms with E-state index in [1.54, 1.807) is 6.92 Å². The average Bonchev–Trinajstić information content (AvgIpc) is 2.71. The highest BCUT2D eigenvalue weighted by molar-refractivity contribution is 5.84. The summed E-state index contributed by atoms with van der Waals surface area (Å²) in [5.41, 5.74) is -1.17. The molecule has 0 saturated carbocycles. The van der Waals surface area contributed by atoms with Crippen LogP contribution in [0.3, 0.4) is 0 Å². The summed E-state index contributed by atoms with van der Waals surface area (Å²) < 4.78 is 5.26. The third-order valence-corrected chi connectivity index (χ3v) is 4.65. The molecule has 2 aliphatic heterocycles. The fourth-order valence-electron chi connectivity index (χ4n) is 3.00. The second kappa shape index (κ2) is 5.33. The van der Waals surface area contributed by atoms with Gasteiger partial charge in [-0.3, -0.25) is 9.59 Å². The monoisotopic (exact) mass is 284 g/mol. The van der Waals surface area contributed by atoms with Gasteiger partial charge in [0.05, 0.1) is 25.3 Å². The second-order valence-electron chi connectivity index (χ2n) is 6.78. The van der Waals surface area contributed by atoms with Crippen LogP contribution in [-0.4, -0.2) is 48.8 Å². The number of amides is 1. The van der Waals surface area contributed by atoms with Crippen molar-refractivity contribution in [3.8, 4) is 0 Å². The Morgan fingerprint density at radius 3 is 2.65 bits per heavy atom. The molecule has 20 heavy (non-hydrogen) atoms. The average molecular weight is 284 g/mol. The number of hydrogen-bond acceptors (Lipinski definition) is 4. The lowest BCUT2D eigenvalue weighted by atomic mass is 9.76. The maximum absolute atomic E-state index is 12.5. The van der Waals surface area contributed by atoms with Gasteiger partial charge in [0, 0.05) is 0 Å². The molecule has 2 saturated heterocycles. The van der Waals surface area contributed by atoms with Crippen molar-refractivity contribution in [2.75, 3.05) is 19.8 Å². The van der Waals surface area contributed by atoms with E-state index >= 15 is 0 Å². The molecule has 6 heteroatoms. The van der Waals surface area contributed by atoms with Crippen LogP contribution < -0.4 is 10.6 Å². The summed E-state index contributed by atoms with van der Waals surface area (Å²) in [5, 5.41) is 15.4. The van der Waals surface area contributed by atoms with Crippen LogP contribution in [0.4, 0.5) is 0 Å². The Hall–Kier alpha value is -1.14. The summed E-state index contributed by atoms with van der Waals surface area (Å²) in [6.07, 6.45) is 2.03. The van der Waals surface area contributed by atoms with Crippen LogP contribution in [0.25, 0.3) is 0 Å². The zero-order valence-electron chi connectivity index (χ0n) is 12.4. The van der Waals surface area contributed by atoms with E-state index in [0.717, 1.165) is 19.4 Å². The van der Waals surface area contributed by atoms with Crippen LogP contribution in [0.1, 0.15) is 33.6 Å². The van der Waals surface area contributed by atoms with E-state index in [2.05, 4.69) is 24.5 Å². The molecule has 0 spiro atoms. The number of carbonyl (C=O) groups is 2. The van der Waals surface area contributed by atoms with Crippen LogP contribution in [0.2, 0.25) is 0 Å². The molecule has 2 aliphatic rings. The fraction of sp³-hybridized carbons (Fsp3) is 0.857. The maximum Gasteiger partial charge on any atom is 0.313 e. The van der Waals surface area contributed by atoms with Gasteiger partial charge in [-0.2, -0.15) is 0 Å². The van der Waals surface area contributed by atoms with Crippen molar-refractivity contribution in [2.24, 2.45) is 10.8 Å². The van der Waals surface area contributed by atoms with Crippen molar-refractivity contribution in [3.63, 3.8) is 0 Å². The van der Waals surface area contributed by atoms with Gasteiger partial charge in [0.15, 0.2) is 0 Å². The summed E-state index contributed by atoms with van der Waals surface area (Å²) in [6, 6.07) is -0.762. The predicted octanol–water partition coefficient (Wildman–Crippen LogP) is 0.371. The highest BCUT2D eigenvalue weighted by atomic mass is 16.5. The summed E-state index contributed by atoms with van der Waals surface area (Å²) in [6.45, 7) is 6.94. The van der Waals surface area contributed by atoms with Gasteiger partial charge in [-0.1, -0.05) is 13.8 Å². The lowest BCUT2D eigenvalue weighted by molar-refractivity contribution is -0.149. The molecule has 0 radical (unpaired) electrons. The van der Waals surface area contributed by atoms with E-state index in [0.29, 0.717) is 0 Å². The highest BCUT2D eigenvalue weighted by Gasteiger charge is 2.48. The second-order valence-corrected chi connectivity index (χ2v) is 6.78. The molecule has 2 heterocycles. The molecule has 6 nitrogen and oxygen atoms in total. The van der Waals surface area contributed by atoms with E-state index < -0.39 is 17.4 Å². The molecule has 2 fully saturated rings. The number of carbonyl (C=O) groups excluding carboxylic acids is 1. The Bertz CT molecular complexity index is 410. The molecule has 0 bridgehead atoms. The lowest BCUT2D eigenvalue weighted by Crippen LogP contribution is -2.59. The minimum Gasteiger partial charge on any atom is -0.481 e. The van der Waals surface area contributed by atoms with E-state index in [1.807, 2.05) is 0 Å². The molecule has 3 unspecified atom stereocenters. The Kier molecular flexibility index (Phi) is 4.07. The zero-order chi connectivity index (χ0) is 15.0. The third-order valence-electron chi connectivity index (χ3n) is 4.65. The number of carboxylic acids is 1. The Morgan fingerprint density at radius 2 is 2.05 bits per heavy atom. The molecular formula is C14H24N2O4. The lowest BCUT2D eigenvalue weighted by Gasteiger charge is -2.39. The molecule has 3 N–H and O–H groups in total. The summed E-state index contributed by atoms with van der Waals surface area (Å²) >= 11 is 0. The number of carboxylic acid groups (broad SMARTS) is 1. The van der Waals surface area contributed by atoms with Gasteiger partial charge in [0.25, 0.3) is 0 Å². The van der Waals surface area contributed by atoms with Crippen LogP contribution in [0.5, 0.6) is 0 Å². The maximum atomic E-state index is 12.5. The van der Waals surface area contributed by atoms with Crippen LogP contribution >= 0.6 is 0 Å². The number of rotatable bonds is 3. The Labute approximate surface area is 119 Å². The van der Waals surface area contributed by atoms with Crippen molar-refractivity contribution < 1.29 is 19.4 Å². The first-order valence-electron chi connectivity index (χ1n) is 7.12. The third kappa shape index (κ3) is 2.67. The largest absolute Gasteiger partial charge is 0.481 e. The van der Waals surface area contributed by atoms with Crippen molar-refractivity contribution in [3.05, 3.63) is 0 Å². The zero-order valence-corrected chi connectivity index (χ0v) is 12.4. The van der Waals surface area contributed by atoms with Crippen molar-refractivity contribution >= 4 is 11.9 Å². The summed E-state index contributed by atoms with van der Waals surface area (Å²) in [4.78, 5) is 23.8. The van der Waals surface area contributed by atoms with Crippen LogP contribution in [-0.2, 0) is 14.3 Å². The van der Waals surface area contributed by atoms with Gasteiger partial charge in [0.1, 0.15) is 5.41 Å². The highest BCUT2D eigenvalue weighted by Crippen LogP contribution is 2.32. The molecule has 3 atom stereocenters. The molecule has 0 aromatic heterocycles. The van der Waals surface area contributed by atoms with E-state index in [4.69, 9.17) is 4.74 Å². The number of piperidine rings is 1. The molecule has 2 rings (SSSR count). The number of nitrogens with one attached hydrogen (secondary N) is 2. The fourth-order valence-corrected chi connectivity index (χ4v) is 3.00. The number of hydrogen-bond donors (Lipinski definition) is 3. The summed E-state index contributed by atoms with van der Waals surface area (Å²) in [5.74, 6) is -1.06. The molecular weight excluding hydrogens is 260 g/mol. The van der Waals surface area contributed by atoms with Crippen LogP contribution in [0.15, 0.2) is 0 Å². The number of aliphatic carboxylic acids is 1. The van der Waals surface area contributed by atoms with Gasteiger partial charge in [-0.05, 0) is 31.7 Å². The van der Waals surface area contributed by atoms with Crippen molar-refractivity contribution in [2.45, 2.75) is 45.7 Å². The molecule has 114 valence electrons. The molecule has 0 aromatic rings. The van der Waals surface area contributed by atoms with Gasteiger partial charge in [-0.15, -0.1) is 0 Å². The Morgan fingerprint density at radius 1 is 1.35 bits per heavy atom. The van der Waals surface area contributed by atoms with Crippen LogP contribution in [0, 0.1) is 10.8 Å². The molecule has 0 aliphatic carbocycles. The van der Waals surface area contributed by atoms with Crippen molar-refractivity contribution in [1.82, 2.24) is 10.6 Å². The molecule has 0 aromatic carbocycles. The van der Waals surface area contributed by atoms with E-state index in [-0.39, 0.29) is 30.6 Å². The van der Waals surface area contributed by atoms with E-state index in [1.165, 1.54) is 0 Å². The quantitative estimate of drug-likeness (QED) is 0.697. The van der Waals surface area contributed by atoms with Gasteiger partial charge in [-0.25, -0.2) is 0 Å². The first kappa shape index (κ1) is 15.3. The number of ether oxygens (including phenoxy) is 1. The van der Waals surface area contributed by atoms with Gasteiger partial charge in [0.2, 0.25) is 5.91 Å². The van der Waals surface area contributed by atoms with Gasteiger partial charge < -0.3 is 20.5 Å². The first-order valence-corrected chi connectivity index (χ1v) is 7.12. The minimum atomic E-state index is -1.05. The SMILES string of the molecule is CC1(C)CCCNC1C(=O)NC1COCC1(C)C(=O)O. The Balaban J connectivity index is 2.06. The summed E-state index contributed by atoms with van der Waals surface area (Å²) in [7, 11) is 0. The normalized spacial score (nSPS) is 36.5. The predicted molar refractivity (Wildman–Crippen MR) is 73.3 cm³/mol. The standard InChI is InChI=1S/C14H24N2O4/c1-13(2)5-4-6-15-10(13)11(17)16-9-7-20-8-14(9,3)12(18)19/h9-10,15H,4-8H2,1-3H3,(H,16,17)(H,18,19). The topological polar surface area (TPSA) is 87.7 Å². The van der Waals surface area contributed by atoms with E-state index in [9.17, 15) is 14.7 Å².